The quantitative estimate of drug-likeness (QED) is 0.225. The molecule has 1 fully saturated rings. The number of aliphatic hydroxyl groups excluding tert-OH is 1. The van der Waals surface area contributed by atoms with E-state index < -0.39 is 12.2 Å². The minimum atomic E-state index is -1.12. The molecule has 4 rings (SSSR count). The molecule has 1 saturated carbocycles. The molecule has 0 aliphatic heterocycles. The summed E-state index contributed by atoms with van der Waals surface area (Å²) in [5.74, 6) is -0.456. The molecule has 1 unspecified atom stereocenters. The summed E-state index contributed by atoms with van der Waals surface area (Å²) >= 11 is 0. The molecule has 3 aromatic rings. The number of carbonyl (C=O) groups excluding carboxylic acids is 1. The van der Waals surface area contributed by atoms with Gasteiger partial charge in [0.05, 0.1) is 6.61 Å². The number of carboxylic acid groups (broad SMARTS) is 1. The normalized spacial score (nSPS) is 13.7. The molecule has 0 heterocycles. The second-order valence-corrected chi connectivity index (χ2v) is 9.80. The first-order chi connectivity index (χ1) is 17.8. The number of para-hydroxylation sites is 1. The zero-order valence-corrected chi connectivity index (χ0v) is 21.5. The van der Waals surface area contributed by atoms with Crippen LogP contribution in [0, 0.1) is 13.8 Å². The summed E-state index contributed by atoms with van der Waals surface area (Å²) < 4.78 is 5.94. The minimum absolute atomic E-state index is 0.00901. The Labute approximate surface area is 218 Å². The summed E-state index contributed by atoms with van der Waals surface area (Å²) in [6.07, 6.45) is 2.82. The second-order valence-electron chi connectivity index (χ2n) is 9.80. The van der Waals surface area contributed by atoms with Crippen molar-refractivity contribution < 1.29 is 24.5 Å². The van der Waals surface area contributed by atoms with Crippen LogP contribution in [0.25, 0.3) is 11.1 Å². The van der Waals surface area contributed by atoms with Gasteiger partial charge in [-0.1, -0.05) is 54.1 Å². The Morgan fingerprint density at radius 1 is 0.973 bits per heavy atom. The molecule has 1 aliphatic carbocycles. The minimum Gasteiger partial charge on any atom is -0.493 e. The molecular formula is C31H35NO5. The Hall–Kier alpha value is -3.64. The maximum absolute atomic E-state index is 13.6. The highest BCUT2D eigenvalue weighted by Gasteiger charge is 2.38. The summed E-state index contributed by atoms with van der Waals surface area (Å²) in [6, 6.07) is 21.2. The van der Waals surface area contributed by atoms with Crippen molar-refractivity contribution in [3.8, 4) is 16.9 Å². The molecule has 37 heavy (non-hydrogen) atoms. The Kier molecular flexibility index (Phi) is 8.62. The number of hydrogen-bond donors (Lipinski definition) is 2. The fraction of sp³-hybridized carbons (Fsp3) is 0.355. The van der Waals surface area contributed by atoms with Gasteiger partial charge in [-0.05, 0) is 80.8 Å². The molecule has 0 spiro atoms. The number of unbranched alkanes of at least 4 members (excludes halogenated alkanes) is 2. The Morgan fingerprint density at radius 3 is 2.41 bits per heavy atom. The fourth-order valence-corrected chi connectivity index (χ4v) is 4.53. The number of hydrogen-bond acceptors (Lipinski definition) is 4. The maximum Gasteiger partial charge on any atom is 0.303 e. The van der Waals surface area contributed by atoms with Gasteiger partial charge in [-0.2, -0.15) is 0 Å². The lowest BCUT2D eigenvalue weighted by atomic mass is 9.97. The van der Waals surface area contributed by atoms with Crippen molar-refractivity contribution in [2.45, 2.75) is 64.6 Å². The molecular weight excluding hydrogens is 466 g/mol. The van der Waals surface area contributed by atoms with Gasteiger partial charge in [0.25, 0.3) is 5.91 Å². The predicted molar refractivity (Wildman–Crippen MR) is 144 cm³/mol. The number of aryl methyl sites for hydroxylation is 2. The Bertz CT molecular complexity index is 1230. The molecule has 0 aromatic heterocycles. The van der Waals surface area contributed by atoms with Gasteiger partial charge in [0.15, 0.2) is 6.23 Å². The molecule has 6 heteroatoms. The number of benzene rings is 3. The molecule has 1 aliphatic rings. The van der Waals surface area contributed by atoms with Gasteiger partial charge in [0.1, 0.15) is 5.75 Å². The molecule has 3 aromatic carbocycles. The topological polar surface area (TPSA) is 87.1 Å². The van der Waals surface area contributed by atoms with Gasteiger partial charge in [0.2, 0.25) is 0 Å². The molecule has 0 bridgehead atoms. The molecule has 194 valence electrons. The predicted octanol–water partition coefficient (Wildman–Crippen LogP) is 6.29. The van der Waals surface area contributed by atoms with E-state index in [-0.39, 0.29) is 18.4 Å². The number of carboxylic acids is 1. The van der Waals surface area contributed by atoms with Gasteiger partial charge in [-0.15, -0.1) is 0 Å². The number of nitrogens with zero attached hydrogens (tertiary/aromatic N) is 1. The van der Waals surface area contributed by atoms with Crippen LogP contribution in [0.4, 0.5) is 0 Å². The SMILES string of the molecule is Cc1ccc(C)c(-c2ccc(C(=O)N(C3CC3)C(O)c3ccccc3OCCCCCC(=O)O)cc2)c1. The van der Waals surface area contributed by atoms with E-state index in [4.69, 9.17) is 9.84 Å². The van der Waals surface area contributed by atoms with E-state index in [0.29, 0.717) is 29.9 Å². The first-order valence-corrected chi connectivity index (χ1v) is 13.0. The molecule has 1 amide bonds. The van der Waals surface area contributed by atoms with E-state index in [2.05, 4.69) is 32.0 Å². The van der Waals surface area contributed by atoms with E-state index in [1.54, 1.807) is 17.0 Å². The molecule has 0 radical (unpaired) electrons. The van der Waals surface area contributed by atoms with Crippen LogP contribution in [-0.4, -0.2) is 39.6 Å². The smallest absolute Gasteiger partial charge is 0.303 e. The monoisotopic (exact) mass is 501 g/mol. The van der Waals surface area contributed by atoms with Gasteiger partial charge < -0.3 is 19.8 Å². The highest BCUT2D eigenvalue weighted by Crippen LogP contribution is 2.37. The van der Waals surface area contributed by atoms with Gasteiger partial charge in [0, 0.05) is 23.6 Å². The Morgan fingerprint density at radius 2 is 1.70 bits per heavy atom. The lowest BCUT2D eigenvalue weighted by Crippen LogP contribution is -2.37. The molecule has 6 nitrogen and oxygen atoms in total. The largest absolute Gasteiger partial charge is 0.493 e. The van der Waals surface area contributed by atoms with Crippen LogP contribution in [0.5, 0.6) is 5.75 Å². The molecule has 2 N–H and O–H groups in total. The van der Waals surface area contributed by atoms with Crippen molar-refractivity contribution >= 4 is 11.9 Å². The van der Waals surface area contributed by atoms with Crippen molar-refractivity contribution in [1.29, 1.82) is 0 Å². The van der Waals surface area contributed by atoms with E-state index in [1.807, 2.05) is 36.4 Å². The summed E-state index contributed by atoms with van der Waals surface area (Å²) in [5, 5.41) is 20.1. The number of aliphatic carboxylic acids is 1. The van der Waals surface area contributed by atoms with Crippen molar-refractivity contribution in [1.82, 2.24) is 4.90 Å². The third-order valence-electron chi connectivity index (χ3n) is 6.76. The van der Waals surface area contributed by atoms with Crippen LogP contribution in [0.1, 0.15) is 71.8 Å². The van der Waals surface area contributed by atoms with Crippen molar-refractivity contribution in [2.24, 2.45) is 0 Å². The first kappa shape index (κ1) is 26.4. The van der Waals surface area contributed by atoms with E-state index in [1.165, 1.54) is 11.1 Å². The highest BCUT2D eigenvalue weighted by atomic mass is 16.5. The number of carbonyl (C=O) groups is 2. The van der Waals surface area contributed by atoms with Crippen molar-refractivity contribution in [2.75, 3.05) is 6.61 Å². The average Bonchev–Trinajstić information content (AvgIpc) is 3.73. The zero-order valence-electron chi connectivity index (χ0n) is 21.5. The molecule has 0 saturated heterocycles. The summed E-state index contributed by atoms with van der Waals surface area (Å²) in [7, 11) is 0. The lowest BCUT2D eigenvalue weighted by molar-refractivity contribution is -0.137. The van der Waals surface area contributed by atoms with Crippen LogP contribution >= 0.6 is 0 Å². The second kappa shape index (κ2) is 12.1. The van der Waals surface area contributed by atoms with Gasteiger partial charge in [-0.25, -0.2) is 0 Å². The van der Waals surface area contributed by atoms with Crippen LogP contribution in [0.3, 0.4) is 0 Å². The molecule has 1 atom stereocenters. The number of amides is 1. The van der Waals surface area contributed by atoms with Crippen LogP contribution in [-0.2, 0) is 4.79 Å². The summed E-state index contributed by atoms with van der Waals surface area (Å²) in [4.78, 5) is 25.8. The standard InChI is InChI=1S/C31H35NO5/c1-21-11-12-22(2)27(20-21)23-13-15-24(16-14-23)30(35)32(25-17-18-25)31(36)26-8-5-6-9-28(26)37-19-7-3-4-10-29(33)34/h5-6,8-9,11-16,20,25,31,36H,3-4,7,10,17-19H2,1-2H3,(H,33,34). The number of rotatable bonds is 12. The fourth-order valence-electron chi connectivity index (χ4n) is 4.53. The lowest BCUT2D eigenvalue weighted by Gasteiger charge is -2.29. The van der Waals surface area contributed by atoms with Crippen LogP contribution in [0.15, 0.2) is 66.7 Å². The van der Waals surface area contributed by atoms with Gasteiger partial charge >= 0.3 is 5.97 Å². The van der Waals surface area contributed by atoms with E-state index >= 15 is 0 Å². The van der Waals surface area contributed by atoms with E-state index in [0.717, 1.165) is 36.8 Å². The van der Waals surface area contributed by atoms with Crippen molar-refractivity contribution in [3.05, 3.63) is 89.0 Å². The van der Waals surface area contributed by atoms with E-state index in [9.17, 15) is 14.7 Å². The Balaban J connectivity index is 1.47. The first-order valence-electron chi connectivity index (χ1n) is 13.0. The third kappa shape index (κ3) is 6.77. The summed E-state index contributed by atoms with van der Waals surface area (Å²) in [6.45, 7) is 4.56. The van der Waals surface area contributed by atoms with Crippen LogP contribution in [0.2, 0.25) is 0 Å². The summed E-state index contributed by atoms with van der Waals surface area (Å²) in [5.41, 5.74) is 5.66. The zero-order chi connectivity index (χ0) is 26.4. The maximum atomic E-state index is 13.6. The van der Waals surface area contributed by atoms with Crippen LogP contribution < -0.4 is 4.74 Å². The van der Waals surface area contributed by atoms with Crippen molar-refractivity contribution in [3.63, 3.8) is 0 Å². The van der Waals surface area contributed by atoms with Gasteiger partial charge in [-0.3, -0.25) is 9.59 Å². The third-order valence-corrected chi connectivity index (χ3v) is 6.76. The highest BCUT2D eigenvalue weighted by molar-refractivity contribution is 5.95. The average molecular weight is 502 g/mol. The number of aliphatic hydroxyl groups is 1. The number of ether oxygens (including phenoxy) is 1.